The molecule has 4 atom stereocenters. The van der Waals surface area contributed by atoms with Gasteiger partial charge in [0.2, 0.25) is 0 Å². The second kappa shape index (κ2) is 11.9. The van der Waals surface area contributed by atoms with E-state index in [9.17, 15) is 9.59 Å². The van der Waals surface area contributed by atoms with E-state index >= 15 is 0 Å². The quantitative estimate of drug-likeness (QED) is 0.398. The molecular weight excluding hydrogens is 423 g/mol. The lowest BCUT2D eigenvalue weighted by Crippen LogP contribution is -2.36. The molecule has 31 heavy (non-hydrogen) atoms. The first-order valence-electron chi connectivity index (χ1n) is 10.4. The Morgan fingerprint density at radius 3 is 2.61 bits per heavy atom. The number of aryl methyl sites for hydroxylation is 1. The number of hydrogen-bond donors (Lipinski definition) is 1. The van der Waals surface area contributed by atoms with Crippen molar-refractivity contribution in [1.29, 1.82) is 5.26 Å². The van der Waals surface area contributed by atoms with Crippen LogP contribution in [0.4, 0.5) is 0 Å². The average molecular weight is 456 g/mol. The minimum atomic E-state index is -1.47. The molecule has 0 spiro atoms. The first-order chi connectivity index (χ1) is 14.7. The van der Waals surface area contributed by atoms with Gasteiger partial charge in [0, 0.05) is 37.4 Å². The van der Waals surface area contributed by atoms with Gasteiger partial charge in [-0.15, -0.1) is 0 Å². The third-order valence-corrected chi connectivity index (χ3v) is 7.01. The number of nitrogens with zero attached hydrogens (tertiary/aromatic N) is 3. The number of aromatic nitrogens is 2. The highest BCUT2D eigenvalue weighted by molar-refractivity contribution is 7.44. The SMILES string of the molecule is COCC1OC(n2cc(C)c(=O)[nH]c2=O)CC1OP(OCCC#N)N(C(C)C)C(C)C. The molecule has 4 unspecified atom stereocenters. The van der Waals surface area contributed by atoms with Crippen LogP contribution in [0.15, 0.2) is 15.8 Å². The average Bonchev–Trinajstić information content (AvgIpc) is 3.06. The summed E-state index contributed by atoms with van der Waals surface area (Å²) in [4.78, 5) is 26.4. The fourth-order valence-corrected chi connectivity index (χ4v) is 5.26. The van der Waals surface area contributed by atoms with Gasteiger partial charge >= 0.3 is 5.69 Å². The van der Waals surface area contributed by atoms with Crippen molar-refractivity contribution in [3.63, 3.8) is 0 Å². The predicted octanol–water partition coefficient (Wildman–Crippen LogP) is 2.44. The zero-order chi connectivity index (χ0) is 23.1. The Morgan fingerprint density at radius 2 is 2.03 bits per heavy atom. The zero-order valence-corrected chi connectivity index (χ0v) is 19.9. The van der Waals surface area contributed by atoms with E-state index < -0.39 is 38.2 Å². The fraction of sp³-hybridized carbons (Fsp3) is 0.750. The molecule has 1 aliphatic heterocycles. The maximum absolute atomic E-state index is 12.3. The summed E-state index contributed by atoms with van der Waals surface area (Å²) in [5.41, 5.74) is -0.529. The fourth-order valence-electron chi connectivity index (χ4n) is 3.51. The van der Waals surface area contributed by atoms with Gasteiger partial charge in [0.1, 0.15) is 12.3 Å². The molecule has 0 aliphatic carbocycles. The van der Waals surface area contributed by atoms with Crippen molar-refractivity contribution >= 4 is 8.53 Å². The lowest BCUT2D eigenvalue weighted by Gasteiger charge is -2.37. The number of nitriles is 1. The van der Waals surface area contributed by atoms with Gasteiger partial charge in [-0.05, 0) is 34.6 Å². The molecule has 1 saturated heterocycles. The van der Waals surface area contributed by atoms with Gasteiger partial charge in [0.25, 0.3) is 14.1 Å². The van der Waals surface area contributed by atoms with Crippen LogP contribution in [-0.4, -0.2) is 58.8 Å². The minimum absolute atomic E-state index is 0.164. The number of nitrogens with one attached hydrogen (secondary N) is 1. The Morgan fingerprint density at radius 1 is 1.35 bits per heavy atom. The van der Waals surface area contributed by atoms with Crippen LogP contribution in [0.2, 0.25) is 0 Å². The normalized spacial score (nSPS) is 22.4. The van der Waals surface area contributed by atoms with E-state index in [0.717, 1.165) is 0 Å². The molecule has 1 fully saturated rings. The Bertz CT molecular complexity index is 856. The second-order valence-corrected chi connectivity index (χ2v) is 9.40. The first-order valence-corrected chi connectivity index (χ1v) is 11.5. The van der Waals surface area contributed by atoms with Crippen molar-refractivity contribution in [2.45, 2.75) is 78.0 Å². The first kappa shape index (κ1) is 25.7. The van der Waals surface area contributed by atoms with Crippen LogP contribution in [0.1, 0.15) is 52.3 Å². The number of methoxy groups -OCH3 is 1. The second-order valence-electron chi connectivity index (χ2n) is 7.99. The minimum Gasteiger partial charge on any atom is -0.382 e. The standard InChI is InChI=1S/C20H33N4O6P/c1-13(2)24(14(3)4)31(28-9-7-8-21)30-16-10-18(29-17(16)12-27-6)23-11-15(5)19(25)22-20(23)26/h11,13-14,16-18H,7,9-10,12H2,1-6H3,(H,22,25,26). The Labute approximate surface area is 184 Å². The summed E-state index contributed by atoms with van der Waals surface area (Å²) in [6.45, 7) is 10.4. The Hall–Kier alpha value is -1.60. The van der Waals surface area contributed by atoms with E-state index in [1.165, 1.54) is 10.8 Å². The van der Waals surface area contributed by atoms with E-state index in [1.54, 1.807) is 14.0 Å². The van der Waals surface area contributed by atoms with Crippen molar-refractivity contribution in [2.75, 3.05) is 20.3 Å². The summed E-state index contributed by atoms with van der Waals surface area (Å²) >= 11 is 0. The summed E-state index contributed by atoms with van der Waals surface area (Å²) in [6.07, 6.45) is 0.750. The van der Waals surface area contributed by atoms with Crippen molar-refractivity contribution in [1.82, 2.24) is 14.2 Å². The van der Waals surface area contributed by atoms with Gasteiger partial charge in [-0.2, -0.15) is 5.26 Å². The topological polar surface area (TPSA) is 119 Å². The molecule has 10 nitrogen and oxygen atoms in total. The summed E-state index contributed by atoms with van der Waals surface area (Å²) in [7, 11) is 0.106. The highest BCUT2D eigenvalue weighted by Gasteiger charge is 2.41. The zero-order valence-electron chi connectivity index (χ0n) is 19.0. The van der Waals surface area contributed by atoms with Crippen LogP contribution in [0, 0.1) is 18.3 Å². The third-order valence-electron chi connectivity index (χ3n) is 4.86. The number of rotatable bonds is 11. The molecule has 0 radical (unpaired) electrons. The van der Waals surface area contributed by atoms with Gasteiger partial charge in [-0.3, -0.25) is 14.3 Å². The van der Waals surface area contributed by atoms with Crippen molar-refractivity contribution < 1.29 is 18.5 Å². The lowest BCUT2D eigenvalue weighted by molar-refractivity contribution is -0.0527. The molecule has 0 aromatic carbocycles. The van der Waals surface area contributed by atoms with Crippen LogP contribution in [0.3, 0.4) is 0 Å². The van der Waals surface area contributed by atoms with E-state index in [2.05, 4.69) is 43.4 Å². The lowest BCUT2D eigenvalue weighted by atomic mass is 10.2. The molecule has 2 rings (SSSR count). The van der Waals surface area contributed by atoms with Crippen LogP contribution in [0.25, 0.3) is 0 Å². The molecule has 1 aromatic heterocycles. The molecule has 1 N–H and O–H groups in total. The highest BCUT2D eigenvalue weighted by Crippen LogP contribution is 2.49. The van der Waals surface area contributed by atoms with Crippen molar-refractivity contribution in [3.05, 3.63) is 32.6 Å². The van der Waals surface area contributed by atoms with Crippen molar-refractivity contribution in [3.8, 4) is 6.07 Å². The molecule has 11 heteroatoms. The van der Waals surface area contributed by atoms with Gasteiger partial charge in [-0.1, -0.05) is 0 Å². The third kappa shape index (κ3) is 6.69. The molecule has 1 aliphatic rings. The smallest absolute Gasteiger partial charge is 0.330 e. The van der Waals surface area contributed by atoms with Crippen LogP contribution in [-0.2, 0) is 18.5 Å². The van der Waals surface area contributed by atoms with Gasteiger partial charge < -0.3 is 18.5 Å². The number of hydrogen-bond acceptors (Lipinski definition) is 8. The van der Waals surface area contributed by atoms with Crippen molar-refractivity contribution in [2.24, 2.45) is 0 Å². The van der Waals surface area contributed by atoms with Gasteiger partial charge in [-0.25, -0.2) is 9.46 Å². The van der Waals surface area contributed by atoms with Gasteiger partial charge in [0.05, 0.1) is 31.8 Å². The molecule has 1 aromatic rings. The molecule has 174 valence electrons. The molecule has 0 amide bonds. The number of aromatic amines is 1. The molecular formula is C20H33N4O6P. The maximum atomic E-state index is 12.3. The van der Waals surface area contributed by atoms with Crippen LogP contribution >= 0.6 is 8.53 Å². The maximum Gasteiger partial charge on any atom is 0.330 e. The van der Waals surface area contributed by atoms with E-state index in [-0.39, 0.29) is 31.7 Å². The summed E-state index contributed by atoms with van der Waals surface area (Å²) in [6, 6.07) is 2.41. The van der Waals surface area contributed by atoms with Crippen LogP contribution < -0.4 is 11.2 Å². The van der Waals surface area contributed by atoms with E-state index in [0.29, 0.717) is 12.0 Å². The Kier molecular flexibility index (Phi) is 9.82. The number of ether oxygens (including phenoxy) is 2. The van der Waals surface area contributed by atoms with E-state index in [4.69, 9.17) is 23.8 Å². The molecule has 0 saturated carbocycles. The highest BCUT2D eigenvalue weighted by atomic mass is 31.2. The summed E-state index contributed by atoms with van der Waals surface area (Å²) < 4.78 is 27.3. The predicted molar refractivity (Wildman–Crippen MR) is 117 cm³/mol. The van der Waals surface area contributed by atoms with Gasteiger partial charge in [0.15, 0.2) is 0 Å². The summed E-state index contributed by atoms with van der Waals surface area (Å²) in [5, 5.41) is 8.89. The van der Waals surface area contributed by atoms with Crippen LogP contribution in [0.5, 0.6) is 0 Å². The Balaban J connectivity index is 2.27. The molecule has 2 heterocycles. The molecule has 0 bridgehead atoms. The number of H-pyrrole nitrogens is 1. The largest absolute Gasteiger partial charge is 0.382 e. The summed E-state index contributed by atoms with van der Waals surface area (Å²) in [5.74, 6) is 0. The monoisotopic (exact) mass is 456 g/mol. The van der Waals surface area contributed by atoms with E-state index in [1.807, 2.05) is 0 Å².